The Morgan fingerprint density at radius 3 is 2.68 bits per heavy atom. The molecule has 0 aromatic carbocycles. The summed E-state index contributed by atoms with van der Waals surface area (Å²) in [5, 5.41) is 0. The van der Waals surface area contributed by atoms with E-state index < -0.39 is 0 Å². The van der Waals surface area contributed by atoms with Gasteiger partial charge in [-0.15, -0.1) is 0 Å². The molecule has 0 saturated heterocycles. The van der Waals surface area contributed by atoms with Crippen LogP contribution in [0.15, 0.2) is 69.9 Å². The summed E-state index contributed by atoms with van der Waals surface area (Å²) in [6.07, 6.45) is 21.6. The van der Waals surface area contributed by atoms with Crippen LogP contribution >= 0.6 is 15.9 Å². The monoisotopic (exact) mass is 354 g/mol. The summed E-state index contributed by atoms with van der Waals surface area (Å²) in [5.74, 6) is 0.637. The van der Waals surface area contributed by atoms with E-state index in [1.54, 1.807) is 16.7 Å². The summed E-state index contributed by atoms with van der Waals surface area (Å²) in [4.78, 5) is 0.460. The normalized spacial score (nSPS) is 27.3. The van der Waals surface area contributed by atoms with Gasteiger partial charge in [-0.3, -0.25) is 0 Å². The van der Waals surface area contributed by atoms with Gasteiger partial charge in [0.05, 0.1) is 4.83 Å². The lowest BCUT2D eigenvalue weighted by molar-refractivity contribution is 0.667. The van der Waals surface area contributed by atoms with Gasteiger partial charge in [-0.25, -0.2) is 0 Å². The highest BCUT2D eigenvalue weighted by Gasteiger charge is 2.32. The quantitative estimate of drug-likeness (QED) is 0.518. The van der Waals surface area contributed by atoms with Gasteiger partial charge in [0.15, 0.2) is 0 Å². The van der Waals surface area contributed by atoms with Crippen LogP contribution in [-0.4, -0.2) is 4.83 Å². The molecule has 0 fully saturated rings. The molecule has 1 unspecified atom stereocenters. The fourth-order valence-electron chi connectivity index (χ4n) is 4.25. The molecule has 0 bridgehead atoms. The molecular formula is C21H23Br. The van der Waals surface area contributed by atoms with Crippen molar-refractivity contribution in [2.45, 2.75) is 50.3 Å². The highest BCUT2D eigenvalue weighted by Crippen LogP contribution is 2.47. The summed E-state index contributed by atoms with van der Waals surface area (Å²) in [6.45, 7) is 2.29. The van der Waals surface area contributed by atoms with Gasteiger partial charge in [0, 0.05) is 0 Å². The molecule has 4 aliphatic carbocycles. The van der Waals surface area contributed by atoms with Gasteiger partial charge in [-0.1, -0.05) is 52.4 Å². The maximum atomic E-state index is 3.99. The number of rotatable bonds is 3. The Balaban J connectivity index is 1.60. The first-order valence-electron chi connectivity index (χ1n) is 8.59. The number of halogens is 1. The van der Waals surface area contributed by atoms with Crippen molar-refractivity contribution in [2.24, 2.45) is 5.92 Å². The van der Waals surface area contributed by atoms with Crippen LogP contribution in [0.4, 0.5) is 0 Å². The highest BCUT2D eigenvalue weighted by atomic mass is 79.9. The highest BCUT2D eigenvalue weighted by molar-refractivity contribution is 9.09. The van der Waals surface area contributed by atoms with Crippen LogP contribution < -0.4 is 0 Å². The number of allylic oxidation sites excluding steroid dienone is 12. The van der Waals surface area contributed by atoms with Crippen LogP contribution in [0.3, 0.4) is 0 Å². The largest absolute Gasteiger partial charge is 0.0790 e. The molecule has 114 valence electrons. The van der Waals surface area contributed by atoms with Crippen molar-refractivity contribution >= 4 is 15.9 Å². The van der Waals surface area contributed by atoms with E-state index in [9.17, 15) is 0 Å². The lowest BCUT2D eigenvalue weighted by atomic mass is 9.79. The minimum absolute atomic E-state index is 0.460. The van der Waals surface area contributed by atoms with E-state index in [1.807, 2.05) is 0 Å². The zero-order valence-corrected chi connectivity index (χ0v) is 14.8. The molecule has 0 spiro atoms. The lowest BCUT2D eigenvalue weighted by Gasteiger charge is -2.30. The predicted octanol–water partition coefficient (Wildman–Crippen LogP) is 6.34. The molecule has 0 N–H and O–H groups in total. The van der Waals surface area contributed by atoms with E-state index in [4.69, 9.17) is 0 Å². The first-order valence-corrected chi connectivity index (χ1v) is 9.50. The standard InChI is InChI=1S/C21H23Br/c1-14-12-20-19(17(14)11-10-15-6-2-3-7-15)13-16-8-4-5-9-18(16)21(20)22/h2-3,6-7,12-13,15,21H,4-5,8-11H2,1H3. The molecule has 1 atom stereocenters. The van der Waals surface area contributed by atoms with E-state index >= 15 is 0 Å². The molecule has 4 rings (SSSR count). The van der Waals surface area contributed by atoms with Crippen LogP contribution in [0.25, 0.3) is 0 Å². The lowest BCUT2D eigenvalue weighted by Crippen LogP contribution is -2.17. The third kappa shape index (κ3) is 2.44. The van der Waals surface area contributed by atoms with Crippen molar-refractivity contribution in [1.82, 2.24) is 0 Å². The van der Waals surface area contributed by atoms with Crippen molar-refractivity contribution < 1.29 is 0 Å². The molecule has 22 heavy (non-hydrogen) atoms. The molecule has 0 amide bonds. The molecule has 0 aromatic heterocycles. The summed E-state index contributed by atoms with van der Waals surface area (Å²) in [5.41, 5.74) is 9.39. The SMILES string of the molecule is CC1=C(CCC2C=CC=C2)C2=CC3=C(CCCC3)C(Br)C2=C1. The van der Waals surface area contributed by atoms with Crippen molar-refractivity contribution in [1.29, 1.82) is 0 Å². The van der Waals surface area contributed by atoms with E-state index in [1.165, 1.54) is 55.2 Å². The minimum Gasteiger partial charge on any atom is -0.0790 e. The van der Waals surface area contributed by atoms with Gasteiger partial charge in [0.1, 0.15) is 0 Å². The Bertz CT molecular complexity index is 667. The predicted molar refractivity (Wildman–Crippen MR) is 98.1 cm³/mol. The second-order valence-corrected chi connectivity index (χ2v) is 7.83. The van der Waals surface area contributed by atoms with Gasteiger partial charge in [-0.05, 0) is 84.8 Å². The topological polar surface area (TPSA) is 0 Å². The maximum absolute atomic E-state index is 3.99. The van der Waals surface area contributed by atoms with E-state index in [0.29, 0.717) is 10.7 Å². The fourth-order valence-corrected chi connectivity index (χ4v) is 5.15. The third-order valence-electron chi connectivity index (χ3n) is 5.49. The molecule has 0 saturated carbocycles. The average molecular weight is 355 g/mol. The van der Waals surface area contributed by atoms with E-state index in [2.05, 4.69) is 59.3 Å². The zero-order valence-electron chi connectivity index (χ0n) is 13.2. The summed E-state index contributed by atoms with van der Waals surface area (Å²) >= 11 is 3.99. The smallest absolute Gasteiger partial charge is 0.0616 e. The molecule has 1 heteroatoms. The second kappa shape index (κ2) is 5.85. The van der Waals surface area contributed by atoms with Gasteiger partial charge in [-0.2, -0.15) is 0 Å². The molecule has 0 heterocycles. The number of hydrogen-bond donors (Lipinski definition) is 0. The number of fused-ring (bicyclic) bond motifs is 1. The van der Waals surface area contributed by atoms with Crippen LogP contribution in [-0.2, 0) is 0 Å². The summed E-state index contributed by atoms with van der Waals surface area (Å²) < 4.78 is 0. The first kappa shape index (κ1) is 14.5. The molecule has 0 radical (unpaired) electrons. The van der Waals surface area contributed by atoms with Gasteiger partial charge in [0.25, 0.3) is 0 Å². The Kier molecular flexibility index (Phi) is 3.86. The van der Waals surface area contributed by atoms with E-state index in [0.717, 1.165) is 0 Å². The van der Waals surface area contributed by atoms with Crippen LogP contribution in [0, 0.1) is 5.92 Å². The number of alkyl halides is 1. The Morgan fingerprint density at radius 1 is 1.09 bits per heavy atom. The van der Waals surface area contributed by atoms with Crippen molar-refractivity contribution in [3.63, 3.8) is 0 Å². The Hall–Kier alpha value is -1.08. The second-order valence-electron chi connectivity index (χ2n) is 6.91. The van der Waals surface area contributed by atoms with Crippen molar-refractivity contribution in [3.8, 4) is 0 Å². The molecule has 0 nitrogen and oxygen atoms in total. The third-order valence-corrected chi connectivity index (χ3v) is 6.54. The average Bonchev–Trinajstić information content (AvgIpc) is 3.14. The molecule has 0 aromatic rings. The number of hydrogen-bond acceptors (Lipinski definition) is 0. The summed E-state index contributed by atoms with van der Waals surface area (Å²) in [7, 11) is 0. The zero-order chi connectivity index (χ0) is 15.1. The minimum atomic E-state index is 0.460. The van der Waals surface area contributed by atoms with Crippen molar-refractivity contribution in [3.05, 3.63) is 69.9 Å². The van der Waals surface area contributed by atoms with Crippen LogP contribution in [0.5, 0.6) is 0 Å². The van der Waals surface area contributed by atoms with Crippen molar-refractivity contribution in [2.75, 3.05) is 0 Å². The van der Waals surface area contributed by atoms with Crippen LogP contribution in [0.2, 0.25) is 0 Å². The summed E-state index contributed by atoms with van der Waals surface area (Å²) in [6, 6.07) is 0. The fraction of sp³-hybridized carbons (Fsp3) is 0.429. The molecular weight excluding hydrogens is 332 g/mol. The molecule has 0 aliphatic heterocycles. The maximum Gasteiger partial charge on any atom is 0.0616 e. The Morgan fingerprint density at radius 2 is 1.86 bits per heavy atom. The molecule has 4 aliphatic rings. The van der Waals surface area contributed by atoms with Gasteiger partial charge >= 0.3 is 0 Å². The van der Waals surface area contributed by atoms with Gasteiger partial charge in [0.2, 0.25) is 0 Å². The first-order chi connectivity index (χ1) is 10.7. The van der Waals surface area contributed by atoms with Gasteiger partial charge < -0.3 is 0 Å². The van der Waals surface area contributed by atoms with E-state index in [-0.39, 0.29) is 0 Å². The Labute approximate surface area is 142 Å². The van der Waals surface area contributed by atoms with Crippen LogP contribution in [0.1, 0.15) is 45.4 Å².